The average molecular weight is 404 g/mol. The number of alkyl halides is 3. The first-order chi connectivity index (χ1) is 12.6. The molecule has 3 nitrogen and oxygen atoms in total. The van der Waals surface area contributed by atoms with Crippen LogP contribution >= 0.6 is 11.6 Å². The number of rotatable bonds is 4. The lowest BCUT2D eigenvalue weighted by Gasteiger charge is -2.15. The second-order valence-corrected chi connectivity index (χ2v) is 6.54. The molecular formula is C18H15ClF5N3. The van der Waals surface area contributed by atoms with Gasteiger partial charge in [-0.15, -0.1) is 0 Å². The van der Waals surface area contributed by atoms with E-state index in [1.165, 1.54) is 23.9 Å². The second kappa shape index (κ2) is 7.07. The summed E-state index contributed by atoms with van der Waals surface area (Å²) in [5.41, 5.74) is -2.26. The number of benzene rings is 1. The van der Waals surface area contributed by atoms with E-state index in [4.69, 9.17) is 11.6 Å². The maximum atomic E-state index is 15.0. The second-order valence-electron chi connectivity index (χ2n) is 6.16. The maximum absolute atomic E-state index is 15.0. The number of hydrogen-bond donors (Lipinski definition) is 0. The van der Waals surface area contributed by atoms with Crippen LogP contribution in [0.5, 0.6) is 0 Å². The molecule has 9 heteroatoms. The SMILES string of the molecule is CCCCc1c(F)c(-c2nn(C)c3nc(Cl)ccc23)cc(C(F)(F)F)c1F. The fourth-order valence-electron chi connectivity index (χ4n) is 2.95. The van der Waals surface area contributed by atoms with Crippen molar-refractivity contribution in [1.29, 1.82) is 0 Å². The molecule has 0 fully saturated rings. The molecule has 27 heavy (non-hydrogen) atoms. The van der Waals surface area contributed by atoms with Crippen LogP contribution in [-0.2, 0) is 19.6 Å². The summed E-state index contributed by atoms with van der Waals surface area (Å²) in [5.74, 6) is -2.61. The van der Waals surface area contributed by atoms with Gasteiger partial charge in [-0.1, -0.05) is 24.9 Å². The third kappa shape index (κ3) is 3.50. The van der Waals surface area contributed by atoms with Crippen molar-refractivity contribution in [2.75, 3.05) is 0 Å². The molecule has 144 valence electrons. The van der Waals surface area contributed by atoms with Crippen LogP contribution < -0.4 is 0 Å². The van der Waals surface area contributed by atoms with Gasteiger partial charge in [0.2, 0.25) is 0 Å². The van der Waals surface area contributed by atoms with Gasteiger partial charge >= 0.3 is 6.18 Å². The summed E-state index contributed by atoms with van der Waals surface area (Å²) >= 11 is 5.84. The number of aryl methyl sites for hydroxylation is 1. The fourth-order valence-corrected chi connectivity index (χ4v) is 3.09. The first-order valence-electron chi connectivity index (χ1n) is 8.22. The van der Waals surface area contributed by atoms with E-state index in [0.29, 0.717) is 24.3 Å². The summed E-state index contributed by atoms with van der Waals surface area (Å²) in [4.78, 5) is 4.06. The van der Waals surface area contributed by atoms with Gasteiger partial charge in [-0.25, -0.2) is 18.4 Å². The number of hydrogen-bond acceptors (Lipinski definition) is 2. The van der Waals surface area contributed by atoms with E-state index in [-0.39, 0.29) is 22.9 Å². The Labute approximate surface area is 156 Å². The van der Waals surface area contributed by atoms with Gasteiger partial charge in [0.15, 0.2) is 5.65 Å². The standard InChI is InChI=1S/C18H15ClF5N3/c1-3-4-5-9-14(20)11(8-12(15(9)21)18(22,23)24)16-10-6-7-13(19)25-17(10)27(2)26-16/h6-8H,3-5H2,1-2H3. The lowest BCUT2D eigenvalue weighted by atomic mass is 9.96. The first kappa shape index (κ1) is 19.5. The number of aromatic nitrogens is 3. The number of pyridine rings is 1. The van der Waals surface area contributed by atoms with Crippen LogP contribution in [0.15, 0.2) is 18.2 Å². The fraction of sp³-hybridized carbons (Fsp3) is 0.333. The minimum atomic E-state index is -4.96. The van der Waals surface area contributed by atoms with E-state index >= 15 is 4.39 Å². The number of unbranched alkanes of at least 4 members (excludes halogenated alkanes) is 1. The molecule has 0 unspecified atom stereocenters. The molecule has 2 heterocycles. The third-order valence-corrected chi connectivity index (χ3v) is 4.50. The summed E-state index contributed by atoms with van der Waals surface area (Å²) in [5, 5.41) is 4.59. The molecule has 0 aliphatic heterocycles. The van der Waals surface area contributed by atoms with Crippen molar-refractivity contribution in [1.82, 2.24) is 14.8 Å². The van der Waals surface area contributed by atoms with Gasteiger partial charge in [-0.05, 0) is 31.0 Å². The molecule has 0 bridgehead atoms. The van der Waals surface area contributed by atoms with Gasteiger partial charge in [0.05, 0.1) is 5.56 Å². The summed E-state index contributed by atoms with van der Waals surface area (Å²) in [6, 6.07) is 3.39. The van der Waals surface area contributed by atoms with Crippen LogP contribution in [0.25, 0.3) is 22.3 Å². The number of halogens is 6. The normalized spacial score (nSPS) is 12.1. The molecule has 3 aromatic rings. The molecule has 3 rings (SSSR count). The zero-order chi connectivity index (χ0) is 19.9. The Morgan fingerprint density at radius 2 is 1.85 bits per heavy atom. The molecule has 0 radical (unpaired) electrons. The highest BCUT2D eigenvalue weighted by atomic mass is 35.5. The molecule has 0 atom stereocenters. The highest BCUT2D eigenvalue weighted by molar-refractivity contribution is 6.29. The van der Waals surface area contributed by atoms with Gasteiger partial charge in [0, 0.05) is 23.6 Å². The van der Waals surface area contributed by atoms with E-state index in [9.17, 15) is 17.6 Å². The van der Waals surface area contributed by atoms with E-state index in [1.54, 1.807) is 6.92 Å². The largest absolute Gasteiger partial charge is 0.419 e. The first-order valence-corrected chi connectivity index (χ1v) is 8.60. The van der Waals surface area contributed by atoms with E-state index in [1.807, 2.05) is 0 Å². The van der Waals surface area contributed by atoms with Gasteiger partial charge < -0.3 is 0 Å². The number of fused-ring (bicyclic) bond motifs is 1. The predicted octanol–water partition coefficient (Wildman–Crippen LogP) is 5.93. The van der Waals surface area contributed by atoms with Crippen molar-refractivity contribution in [3.05, 3.63) is 46.1 Å². The summed E-state index contributed by atoms with van der Waals surface area (Å²) in [7, 11) is 1.51. The molecule has 0 amide bonds. The monoisotopic (exact) mass is 403 g/mol. The van der Waals surface area contributed by atoms with Crippen LogP contribution in [-0.4, -0.2) is 14.8 Å². The summed E-state index contributed by atoms with van der Waals surface area (Å²) in [6.45, 7) is 1.78. The topological polar surface area (TPSA) is 30.7 Å². The molecule has 0 aliphatic rings. The molecular weight excluding hydrogens is 389 g/mol. The van der Waals surface area contributed by atoms with E-state index < -0.39 is 34.5 Å². The van der Waals surface area contributed by atoms with Crippen molar-refractivity contribution >= 4 is 22.6 Å². The van der Waals surface area contributed by atoms with Crippen LogP contribution in [0.3, 0.4) is 0 Å². The Balaban J connectivity index is 2.33. The average Bonchev–Trinajstić information content (AvgIpc) is 2.90. The van der Waals surface area contributed by atoms with E-state index in [2.05, 4.69) is 10.1 Å². The van der Waals surface area contributed by atoms with E-state index in [0.717, 1.165) is 0 Å². The Hall–Kier alpha value is -2.22. The Morgan fingerprint density at radius 1 is 1.15 bits per heavy atom. The highest BCUT2D eigenvalue weighted by Gasteiger charge is 2.37. The zero-order valence-corrected chi connectivity index (χ0v) is 15.2. The highest BCUT2D eigenvalue weighted by Crippen LogP contribution is 2.39. The molecule has 0 N–H and O–H groups in total. The smallest absolute Gasteiger partial charge is 0.250 e. The van der Waals surface area contributed by atoms with Crippen LogP contribution in [0.1, 0.15) is 30.9 Å². The van der Waals surface area contributed by atoms with Crippen molar-refractivity contribution in [3.8, 4) is 11.3 Å². The van der Waals surface area contributed by atoms with Crippen LogP contribution in [0.2, 0.25) is 5.15 Å². The molecule has 0 spiro atoms. The molecule has 0 saturated carbocycles. The maximum Gasteiger partial charge on any atom is 0.419 e. The summed E-state index contributed by atoms with van der Waals surface area (Å²) < 4.78 is 70.7. The minimum absolute atomic E-state index is 0.0441. The Kier molecular flexibility index (Phi) is 5.12. The molecule has 1 aromatic carbocycles. The quantitative estimate of drug-likeness (QED) is 0.399. The lowest BCUT2D eigenvalue weighted by Crippen LogP contribution is -2.13. The van der Waals surface area contributed by atoms with Crippen LogP contribution in [0, 0.1) is 11.6 Å². The molecule has 0 saturated heterocycles. The van der Waals surface area contributed by atoms with Crippen molar-refractivity contribution < 1.29 is 22.0 Å². The molecule has 2 aromatic heterocycles. The molecule has 0 aliphatic carbocycles. The zero-order valence-electron chi connectivity index (χ0n) is 14.5. The van der Waals surface area contributed by atoms with Gasteiger partial charge in [-0.2, -0.15) is 18.3 Å². The Bertz CT molecular complexity index is 1010. The van der Waals surface area contributed by atoms with Crippen LogP contribution in [0.4, 0.5) is 22.0 Å². The van der Waals surface area contributed by atoms with Gasteiger partial charge in [0.1, 0.15) is 22.5 Å². The lowest BCUT2D eigenvalue weighted by molar-refractivity contribution is -0.140. The van der Waals surface area contributed by atoms with Gasteiger partial charge in [0.25, 0.3) is 0 Å². The minimum Gasteiger partial charge on any atom is -0.250 e. The van der Waals surface area contributed by atoms with Crippen molar-refractivity contribution in [2.24, 2.45) is 7.05 Å². The van der Waals surface area contributed by atoms with Crippen molar-refractivity contribution in [3.63, 3.8) is 0 Å². The summed E-state index contributed by atoms with van der Waals surface area (Å²) in [6.07, 6.45) is -4.16. The predicted molar refractivity (Wildman–Crippen MR) is 92.5 cm³/mol. The van der Waals surface area contributed by atoms with Crippen molar-refractivity contribution in [2.45, 2.75) is 32.4 Å². The third-order valence-electron chi connectivity index (χ3n) is 4.29. The Morgan fingerprint density at radius 3 is 2.48 bits per heavy atom. The number of nitrogens with zero attached hydrogens (tertiary/aromatic N) is 3. The van der Waals surface area contributed by atoms with Gasteiger partial charge in [-0.3, -0.25) is 0 Å².